The average Bonchev–Trinajstić information content (AvgIpc) is 3.02. The van der Waals surface area contributed by atoms with Crippen molar-refractivity contribution in [2.45, 2.75) is 13.0 Å². The first-order valence-corrected chi connectivity index (χ1v) is 6.94. The standard InChI is InChI=1S/C15H14ClN5/c1-11(14-10-17-6-7-18-14)20-13-9-12(16)3-4-15(13)21-8-2-5-19-21/h2-11,20H,1H3. The van der Waals surface area contributed by atoms with Crippen LogP contribution in [0.1, 0.15) is 18.7 Å². The highest BCUT2D eigenvalue weighted by atomic mass is 35.5. The molecule has 21 heavy (non-hydrogen) atoms. The summed E-state index contributed by atoms with van der Waals surface area (Å²) in [5, 5.41) is 8.34. The maximum Gasteiger partial charge on any atom is 0.0878 e. The molecule has 3 aromatic rings. The molecule has 106 valence electrons. The molecule has 3 rings (SSSR count). The molecule has 2 aromatic heterocycles. The number of nitrogens with one attached hydrogen (secondary N) is 1. The van der Waals surface area contributed by atoms with Gasteiger partial charge in [0.15, 0.2) is 0 Å². The highest BCUT2D eigenvalue weighted by molar-refractivity contribution is 6.31. The van der Waals surface area contributed by atoms with E-state index in [1.54, 1.807) is 29.5 Å². The van der Waals surface area contributed by atoms with Gasteiger partial charge in [0, 0.05) is 29.8 Å². The largest absolute Gasteiger partial charge is 0.375 e. The lowest BCUT2D eigenvalue weighted by molar-refractivity contribution is 0.817. The van der Waals surface area contributed by atoms with E-state index in [0.717, 1.165) is 17.1 Å². The fraction of sp³-hybridized carbons (Fsp3) is 0.133. The van der Waals surface area contributed by atoms with Crippen molar-refractivity contribution in [2.75, 3.05) is 5.32 Å². The molecule has 0 spiro atoms. The molecule has 1 N–H and O–H groups in total. The van der Waals surface area contributed by atoms with Crippen molar-refractivity contribution >= 4 is 17.3 Å². The second kappa shape index (κ2) is 5.93. The molecule has 1 unspecified atom stereocenters. The molecule has 0 bridgehead atoms. The van der Waals surface area contributed by atoms with Gasteiger partial charge in [-0.2, -0.15) is 5.10 Å². The van der Waals surface area contributed by atoms with Gasteiger partial charge in [0.2, 0.25) is 0 Å². The fourth-order valence-electron chi connectivity index (χ4n) is 2.08. The van der Waals surface area contributed by atoms with Crippen molar-refractivity contribution in [3.8, 4) is 5.69 Å². The molecule has 0 fully saturated rings. The summed E-state index contributed by atoms with van der Waals surface area (Å²) in [5.41, 5.74) is 2.69. The number of halogens is 1. The number of anilines is 1. The molecule has 6 heteroatoms. The molecule has 1 atom stereocenters. The molecule has 5 nitrogen and oxygen atoms in total. The fourth-order valence-corrected chi connectivity index (χ4v) is 2.25. The molecule has 0 radical (unpaired) electrons. The Labute approximate surface area is 127 Å². The van der Waals surface area contributed by atoms with Crippen molar-refractivity contribution in [1.82, 2.24) is 19.7 Å². The van der Waals surface area contributed by atoms with E-state index < -0.39 is 0 Å². The average molecular weight is 300 g/mol. The van der Waals surface area contributed by atoms with Crippen LogP contribution in [-0.2, 0) is 0 Å². The monoisotopic (exact) mass is 299 g/mol. The van der Waals surface area contributed by atoms with E-state index in [-0.39, 0.29) is 6.04 Å². The second-order valence-corrected chi connectivity index (χ2v) is 5.04. The normalized spacial score (nSPS) is 12.1. The van der Waals surface area contributed by atoms with Crippen LogP contribution < -0.4 is 5.32 Å². The molecule has 0 amide bonds. The highest BCUT2D eigenvalue weighted by Crippen LogP contribution is 2.27. The third-order valence-corrected chi connectivity index (χ3v) is 3.34. The summed E-state index contributed by atoms with van der Waals surface area (Å²) in [7, 11) is 0. The summed E-state index contributed by atoms with van der Waals surface area (Å²) < 4.78 is 1.79. The van der Waals surface area contributed by atoms with E-state index in [9.17, 15) is 0 Å². The van der Waals surface area contributed by atoms with Crippen LogP contribution in [0.15, 0.2) is 55.2 Å². The molecule has 1 aromatic carbocycles. The Kier molecular flexibility index (Phi) is 3.83. The molecule has 0 saturated heterocycles. The van der Waals surface area contributed by atoms with Gasteiger partial charge in [-0.1, -0.05) is 11.6 Å². The van der Waals surface area contributed by atoms with Crippen molar-refractivity contribution < 1.29 is 0 Å². The summed E-state index contributed by atoms with van der Waals surface area (Å²) in [6.07, 6.45) is 8.71. The zero-order valence-corrected chi connectivity index (χ0v) is 12.2. The zero-order valence-electron chi connectivity index (χ0n) is 11.4. The lowest BCUT2D eigenvalue weighted by Crippen LogP contribution is -2.11. The molecular formula is C15H14ClN5. The minimum absolute atomic E-state index is 0.00600. The van der Waals surface area contributed by atoms with Crippen molar-refractivity contribution in [3.05, 3.63) is 66.0 Å². The van der Waals surface area contributed by atoms with E-state index in [1.807, 2.05) is 37.4 Å². The molecule has 0 aliphatic carbocycles. The quantitative estimate of drug-likeness (QED) is 0.801. The third-order valence-electron chi connectivity index (χ3n) is 3.11. The van der Waals surface area contributed by atoms with Crippen LogP contribution in [0.3, 0.4) is 0 Å². The van der Waals surface area contributed by atoms with Crippen molar-refractivity contribution in [1.29, 1.82) is 0 Å². The predicted molar refractivity (Wildman–Crippen MR) is 82.6 cm³/mol. The number of nitrogens with zero attached hydrogens (tertiary/aromatic N) is 4. The SMILES string of the molecule is CC(Nc1cc(Cl)ccc1-n1cccn1)c1cnccn1. The number of hydrogen-bond acceptors (Lipinski definition) is 4. The Morgan fingerprint density at radius 2 is 2.14 bits per heavy atom. The minimum atomic E-state index is 0.00600. The van der Waals surface area contributed by atoms with Gasteiger partial charge in [0.05, 0.1) is 29.3 Å². The Morgan fingerprint density at radius 3 is 2.86 bits per heavy atom. The third kappa shape index (κ3) is 3.03. The summed E-state index contributed by atoms with van der Waals surface area (Å²) in [6, 6.07) is 7.54. The van der Waals surface area contributed by atoms with Crippen LogP contribution >= 0.6 is 11.6 Å². The number of aromatic nitrogens is 4. The van der Waals surface area contributed by atoms with Gasteiger partial charge in [-0.05, 0) is 31.2 Å². The Morgan fingerprint density at radius 1 is 1.24 bits per heavy atom. The summed E-state index contributed by atoms with van der Waals surface area (Å²) in [5.74, 6) is 0. The maximum absolute atomic E-state index is 6.11. The Hall–Kier alpha value is -2.40. The van der Waals surface area contributed by atoms with Gasteiger partial charge >= 0.3 is 0 Å². The van der Waals surface area contributed by atoms with Crippen LogP contribution in [0, 0.1) is 0 Å². The summed E-state index contributed by atoms with van der Waals surface area (Å²) in [4.78, 5) is 8.40. The van der Waals surface area contributed by atoms with E-state index in [2.05, 4.69) is 20.4 Å². The molecule has 0 saturated carbocycles. The number of benzene rings is 1. The first-order chi connectivity index (χ1) is 10.2. The van der Waals surface area contributed by atoms with Crippen LogP contribution in [0.4, 0.5) is 5.69 Å². The Bertz CT molecular complexity index is 712. The topological polar surface area (TPSA) is 55.6 Å². The van der Waals surface area contributed by atoms with Gasteiger partial charge in [-0.25, -0.2) is 4.68 Å². The maximum atomic E-state index is 6.11. The molecular weight excluding hydrogens is 286 g/mol. The second-order valence-electron chi connectivity index (χ2n) is 4.61. The van der Waals surface area contributed by atoms with Crippen LogP contribution in [-0.4, -0.2) is 19.7 Å². The Balaban J connectivity index is 1.93. The minimum Gasteiger partial charge on any atom is -0.375 e. The summed E-state index contributed by atoms with van der Waals surface area (Å²) in [6.45, 7) is 2.03. The van der Waals surface area contributed by atoms with Crippen molar-refractivity contribution in [3.63, 3.8) is 0 Å². The number of hydrogen-bond donors (Lipinski definition) is 1. The van der Waals surface area contributed by atoms with Gasteiger partial charge in [0.25, 0.3) is 0 Å². The van der Waals surface area contributed by atoms with Gasteiger partial charge in [0.1, 0.15) is 0 Å². The van der Waals surface area contributed by atoms with Gasteiger partial charge in [-0.3, -0.25) is 9.97 Å². The van der Waals surface area contributed by atoms with E-state index in [1.165, 1.54) is 0 Å². The van der Waals surface area contributed by atoms with Crippen molar-refractivity contribution in [2.24, 2.45) is 0 Å². The van der Waals surface area contributed by atoms with Gasteiger partial charge in [-0.15, -0.1) is 0 Å². The van der Waals surface area contributed by atoms with E-state index in [0.29, 0.717) is 5.02 Å². The van der Waals surface area contributed by atoms with Gasteiger partial charge < -0.3 is 5.32 Å². The molecule has 2 heterocycles. The predicted octanol–water partition coefficient (Wildman–Crippen LogP) is 3.49. The lowest BCUT2D eigenvalue weighted by Gasteiger charge is -2.17. The first-order valence-electron chi connectivity index (χ1n) is 6.56. The first kappa shape index (κ1) is 13.6. The van der Waals surface area contributed by atoms with E-state index >= 15 is 0 Å². The van der Waals surface area contributed by atoms with E-state index in [4.69, 9.17) is 11.6 Å². The van der Waals surface area contributed by atoms with Crippen LogP contribution in [0.5, 0.6) is 0 Å². The summed E-state index contributed by atoms with van der Waals surface area (Å²) >= 11 is 6.11. The number of rotatable bonds is 4. The highest BCUT2D eigenvalue weighted by Gasteiger charge is 2.11. The molecule has 0 aliphatic rings. The zero-order chi connectivity index (χ0) is 14.7. The van der Waals surface area contributed by atoms with Crippen LogP contribution in [0.25, 0.3) is 5.69 Å². The van der Waals surface area contributed by atoms with Crippen LogP contribution in [0.2, 0.25) is 5.02 Å². The smallest absolute Gasteiger partial charge is 0.0878 e. The lowest BCUT2D eigenvalue weighted by atomic mass is 10.2. The molecule has 0 aliphatic heterocycles.